The maximum Gasteiger partial charge on any atom is 0.250 e. The maximum absolute atomic E-state index is 13.2. The molecule has 4 nitrogen and oxygen atoms in total. The van der Waals surface area contributed by atoms with Gasteiger partial charge in [-0.15, -0.1) is 0 Å². The monoisotopic (exact) mass is 344 g/mol. The van der Waals surface area contributed by atoms with Crippen LogP contribution in [0, 0.1) is 5.92 Å². The van der Waals surface area contributed by atoms with Gasteiger partial charge in [-0.25, -0.2) is 4.39 Å². The smallest absolute Gasteiger partial charge is 0.250 e. The van der Waals surface area contributed by atoms with Gasteiger partial charge in [-0.2, -0.15) is 0 Å². The fourth-order valence-electron chi connectivity index (χ4n) is 3.56. The quantitative estimate of drug-likeness (QED) is 0.808. The lowest BCUT2D eigenvalue weighted by Gasteiger charge is -2.16. The Morgan fingerprint density at radius 2 is 2.20 bits per heavy atom. The Morgan fingerprint density at radius 1 is 1.40 bits per heavy atom. The average Bonchev–Trinajstić information content (AvgIpc) is 3.24. The Kier molecular flexibility index (Phi) is 5.63. The van der Waals surface area contributed by atoms with Crippen LogP contribution in [0.2, 0.25) is 0 Å². The molecule has 1 aromatic carbocycles. The van der Waals surface area contributed by atoms with Crippen molar-refractivity contribution < 1.29 is 14.0 Å². The van der Waals surface area contributed by atoms with E-state index in [4.69, 9.17) is 0 Å². The van der Waals surface area contributed by atoms with Gasteiger partial charge >= 0.3 is 0 Å². The number of carbonyl (C=O) groups excluding carboxylic acids is 2. The molecule has 2 aliphatic heterocycles. The number of nitrogens with zero attached hydrogens (tertiary/aromatic N) is 1. The van der Waals surface area contributed by atoms with E-state index in [1.54, 1.807) is 11.0 Å². The third-order valence-corrected chi connectivity index (χ3v) is 5.12. The molecule has 1 N–H and O–H groups in total. The molecule has 1 saturated heterocycles. The van der Waals surface area contributed by atoms with Crippen LogP contribution in [0.3, 0.4) is 0 Å². The van der Waals surface area contributed by atoms with Crippen LogP contribution in [0.4, 0.5) is 10.1 Å². The highest BCUT2D eigenvalue weighted by molar-refractivity contribution is 6.02. The summed E-state index contributed by atoms with van der Waals surface area (Å²) >= 11 is 0. The first-order valence-electron chi connectivity index (χ1n) is 9.06. The van der Waals surface area contributed by atoms with E-state index in [0.29, 0.717) is 13.0 Å². The highest BCUT2D eigenvalue weighted by Gasteiger charge is 2.29. The minimum Gasteiger partial charge on any atom is -0.308 e. The number of allylic oxidation sites excluding steroid dienone is 1. The van der Waals surface area contributed by atoms with Crippen molar-refractivity contribution in [2.45, 2.75) is 44.8 Å². The van der Waals surface area contributed by atoms with Crippen LogP contribution in [0.1, 0.15) is 31.7 Å². The minimum atomic E-state index is -0.929. The molecule has 0 bridgehead atoms. The Balaban J connectivity index is 1.58. The second kappa shape index (κ2) is 7.91. The van der Waals surface area contributed by atoms with Crippen LogP contribution in [0.5, 0.6) is 0 Å². The number of carbonyl (C=O) groups is 2. The first kappa shape index (κ1) is 17.8. The molecule has 0 saturated carbocycles. The van der Waals surface area contributed by atoms with Gasteiger partial charge in [0.25, 0.3) is 5.91 Å². The fourth-order valence-corrected chi connectivity index (χ4v) is 3.56. The second-order valence-electron chi connectivity index (χ2n) is 6.86. The molecule has 134 valence electrons. The Morgan fingerprint density at radius 3 is 2.92 bits per heavy atom. The third kappa shape index (κ3) is 4.15. The molecule has 1 aromatic rings. The van der Waals surface area contributed by atoms with E-state index in [1.165, 1.54) is 5.56 Å². The molecule has 0 unspecified atom stereocenters. The molecule has 3 atom stereocenters. The van der Waals surface area contributed by atoms with E-state index in [1.807, 2.05) is 37.3 Å². The predicted octanol–water partition coefficient (Wildman–Crippen LogP) is 2.82. The van der Waals surface area contributed by atoms with Crippen LogP contribution in [-0.2, 0) is 16.0 Å². The van der Waals surface area contributed by atoms with Crippen LogP contribution in [0.25, 0.3) is 0 Å². The van der Waals surface area contributed by atoms with Crippen molar-refractivity contribution in [2.24, 2.45) is 5.92 Å². The number of nitrogens with one attached hydrogen (secondary N) is 1. The van der Waals surface area contributed by atoms with Gasteiger partial charge in [0.15, 0.2) is 0 Å². The molecule has 0 aliphatic carbocycles. The Bertz CT molecular complexity index is 673. The number of halogens is 1. The zero-order chi connectivity index (χ0) is 17.8. The summed E-state index contributed by atoms with van der Waals surface area (Å²) in [4.78, 5) is 26.6. The average molecular weight is 344 g/mol. The number of benzene rings is 1. The molecule has 5 heteroatoms. The van der Waals surface area contributed by atoms with E-state index in [-0.39, 0.29) is 36.6 Å². The first-order valence-corrected chi connectivity index (χ1v) is 9.06. The minimum absolute atomic E-state index is 0.00904. The van der Waals surface area contributed by atoms with Crippen LogP contribution in [-0.4, -0.2) is 37.0 Å². The van der Waals surface area contributed by atoms with Crippen molar-refractivity contribution in [3.63, 3.8) is 0 Å². The van der Waals surface area contributed by atoms with E-state index in [0.717, 1.165) is 18.5 Å². The summed E-state index contributed by atoms with van der Waals surface area (Å²) in [6.45, 7) is 2.95. The van der Waals surface area contributed by atoms with Crippen molar-refractivity contribution in [2.75, 3.05) is 18.0 Å². The number of ketones is 1. The zero-order valence-electron chi connectivity index (χ0n) is 14.6. The van der Waals surface area contributed by atoms with Gasteiger partial charge < -0.3 is 10.2 Å². The fraction of sp³-hybridized carbons (Fsp3) is 0.500. The van der Waals surface area contributed by atoms with Gasteiger partial charge in [0.2, 0.25) is 0 Å². The van der Waals surface area contributed by atoms with Crippen molar-refractivity contribution in [3.05, 3.63) is 42.0 Å². The van der Waals surface area contributed by atoms with Crippen LogP contribution < -0.4 is 10.2 Å². The summed E-state index contributed by atoms with van der Waals surface area (Å²) in [5, 5.41) is 2.93. The van der Waals surface area contributed by atoms with Gasteiger partial charge in [-0.1, -0.05) is 31.2 Å². The standard InChI is InChI=1S/C20H25FN2O2/c1-2-14(11-19(24)17-12-16(21)13-22-17)7-8-20(25)23-10-9-15-5-3-4-6-18(15)23/h3-8,14,16-17,22H,2,9-13H2,1H3/b8-7+/t14-,16-,17-/m0/s1. The summed E-state index contributed by atoms with van der Waals surface area (Å²) in [6.07, 6.45) is 4.76. The second-order valence-corrected chi connectivity index (χ2v) is 6.86. The number of rotatable bonds is 6. The SMILES string of the molecule is CC[C@@H](/C=C/C(=O)N1CCc2ccccc21)CC(=O)[C@@H]1C[C@H](F)CN1. The van der Waals surface area contributed by atoms with E-state index >= 15 is 0 Å². The molecule has 1 fully saturated rings. The highest BCUT2D eigenvalue weighted by atomic mass is 19.1. The van der Waals surface area contributed by atoms with Crippen molar-refractivity contribution >= 4 is 17.4 Å². The topological polar surface area (TPSA) is 49.4 Å². The molecule has 0 radical (unpaired) electrons. The first-order chi connectivity index (χ1) is 12.1. The lowest BCUT2D eigenvalue weighted by atomic mass is 9.95. The van der Waals surface area contributed by atoms with Crippen molar-refractivity contribution in [1.29, 1.82) is 0 Å². The van der Waals surface area contributed by atoms with Gasteiger partial charge in [-0.05, 0) is 36.5 Å². The molecule has 3 rings (SSSR count). The normalized spacial score (nSPS) is 23.8. The molecule has 25 heavy (non-hydrogen) atoms. The summed E-state index contributed by atoms with van der Waals surface area (Å²) in [6, 6.07) is 7.56. The van der Waals surface area contributed by atoms with Gasteiger partial charge in [0.05, 0.1) is 6.04 Å². The molecular formula is C20H25FN2O2. The molecule has 2 heterocycles. The molecular weight excluding hydrogens is 319 g/mol. The number of para-hydroxylation sites is 1. The molecule has 1 amide bonds. The van der Waals surface area contributed by atoms with E-state index in [2.05, 4.69) is 5.32 Å². The number of alkyl halides is 1. The lowest BCUT2D eigenvalue weighted by molar-refractivity contribution is -0.121. The van der Waals surface area contributed by atoms with Crippen molar-refractivity contribution in [1.82, 2.24) is 5.32 Å². The molecule has 2 aliphatic rings. The Labute approximate surface area is 148 Å². The van der Waals surface area contributed by atoms with Gasteiger partial charge in [-0.3, -0.25) is 9.59 Å². The van der Waals surface area contributed by atoms with Crippen molar-refractivity contribution in [3.8, 4) is 0 Å². The van der Waals surface area contributed by atoms with Gasteiger partial charge in [0, 0.05) is 31.6 Å². The number of hydrogen-bond acceptors (Lipinski definition) is 3. The van der Waals surface area contributed by atoms with Crippen LogP contribution in [0.15, 0.2) is 36.4 Å². The molecule has 0 spiro atoms. The summed E-state index contributed by atoms with van der Waals surface area (Å²) in [5.41, 5.74) is 2.17. The number of Topliss-reactive ketones (excluding diaryl/α,β-unsaturated/α-hetero) is 1. The molecule has 0 aromatic heterocycles. The maximum atomic E-state index is 13.2. The third-order valence-electron chi connectivity index (χ3n) is 5.12. The number of anilines is 1. The largest absolute Gasteiger partial charge is 0.308 e. The Hall–Kier alpha value is -2.01. The number of fused-ring (bicyclic) bond motifs is 1. The predicted molar refractivity (Wildman–Crippen MR) is 96.3 cm³/mol. The van der Waals surface area contributed by atoms with Crippen LogP contribution >= 0.6 is 0 Å². The number of hydrogen-bond donors (Lipinski definition) is 1. The summed E-state index contributed by atoms with van der Waals surface area (Å²) in [5.74, 6) is 0.00374. The zero-order valence-corrected chi connectivity index (χ0v) is 14.6. The summed E-state index contributed by atoms with van der Waals surface area (Å²) in [7, 11) is 0. The lowest BCUT2D eigenvalue weighted by Crippen LogP contribution is -2.31. The van der Waals surface area contributed by atoms with E-state index < -0.39 is 6.17 Å². The summed E-state index contributed by atoms with van der Waals surface area (Å²) < 4.78 is 13.2. The van der Waals surface area contributed by atoms with E-state index in [9.17, 15) is 14.0 Å². The number of amides is 1. The highest BCUT2D eigenvalue weighted by Crippen LogP contribution is 2.27. The van der Waals surface area contributed by atoms with Gasteiger partial charge in [0.1, 0.15) is 12.0 Å².